The Hall–Kier alpha value is -2.36. The van der Waals surface area contributed by atoms with E-state index in [0.29, 0.717) is 11.7 Å². The first kappa shape index (κ1) is 16.0. The van der Waals surface area contributed by atoms with Gasteiger partial charge in [-0.15, -0.1) is 0 Å². The largest absolute Gasteiger partial charge is 0.381 e. The van der Waals surface area contributed by atoms with Crippen LogP contribution < -0.4 is 10.6 Å². The van der Waals surface area contributed by atoms with E-state index < -0.39 is 0 Å². The number of nitrogens with one attached hydrogen (secondary N) is 2. The molecule has 1 atom stereocenters. The van der Waals surface area contributed by atoms with Crippen LogP contribution in [0.1, 0.15) is 41.9 Å². The van der Waals surface area contributed by atoms with E-state index in [2.05, 4.69) is 35.5 Å². The second kappa shape index (κ2) is 7.07. The zero-order chi connectivity index (χ0) is 16.1. The first-order valence-corrected chi connectivity index (χ1v) is 7.60. The summed E-state index contributed by atoms with van der Waals surface area (Å²) in [7, 11) is 0. The predicted molar refractivity (Wildman–Crippen MR) is 91.5 cm³/mol. The lowest BCUT2D eigenvalue weighted by molar-refractivity contribution is 0.102. The molecule has 0 saturated carbocycles. The number of rotatable bonds is 5. The second-order valence-corrected chi connectivity index (χ2v) is 5.72. The summed E-state index contributed by atoms with van der Waals surface area (Å²) in [6.45, 7) is 8.25. The standard InChI is InChI=1S/C18H23N3O/c1-5-14(4)20-15-6-7-17(19-11-15)18(22)21-16-9-12(2)8-13(3)10-16/h6-11,14,20H,5H2,1-4H3,(H,21,22). The summed E-state index contributed by atoms with van der Waals surface area (Å²) < 4.78 is 0. The van der Waals surface area contributed by atoms with Gasteiger partial charge in [-0.05, 0) is 62.6 Å². The maximum absolute atomic E-state index is 12.2. The van der Waals surface area contributed by atoms with Gasteiger partial charge in [0.1, 0.15) is 5.69 Å². The van der Waals surface area contributed by atoms with Gasteiger partial charge in [-0.2, -0.15) is 0 Å². The van der Waals surface area contributed by atoms with Gasteiger partial charge >= 0.3 is 0 Å². The van der Waals surface area contributed by atoms with Gasteiger partial charge in [0.05, 0.1) is 11.9 Å². The maximum Gasteiger partial charge on any atom is 0.274 e. The Morgan fingerprint density at radius 3 is 2.36 bits per heavy atom. The molecule has 0 aliphatic carbocycles. The Balaban J connectivity index is 2.06. The molecule has 0 aliphatic heterocycles. The molecule has 2 aromatic rings. The number of pyridine rings is 1. The van der Waals surface area contributed by atoms with Gasteiger partial charge in [0, 0.05) is 11.7 Å². The van der Waals surface area contributed by atoms with Crippen molar-refractivity contribution in [1.29, 1.82) is 0 Å². The summed E-state index contributed by atoms with van der Waals surface area (Å²) in [5.74, 6) is -0.194. The van der Waals surface area contributed by atoms with E-state index in [9.17, 15) is 4.79 Å². The predicted octanol–water partition coefficient (Wildman–Crippen LogP) is 4.16. The highest BCUT2D eigenvalue weighted by atomic mass is 16.1. The van der Waals surface area contributed by atoms with Gasteiger partial charge in [0.2, 0.25) is 0 Å². The molecule has 0 spiro atoms. The molecular weight excluding hydrogens is 274 g/mol. The number of aromatic nitrogens is 1. The number of nitrogens with zero attached hydrogens (tertiary/aromatic N) is 1. The van der Waals surface area contributed by atoms with Crippen LogP contribution in [0.15, 0.2) is 36.5 Å². The van der Waals surface area contributed by atoms with Crippen molar-refractivity contribution in [2.75, 3.05) is 10.6 Å². The highest BCUT2D eigenvalue weighted by Gasteiger charge is 2.08. The number of hydrogen-bond donors (Lipinski definition) is 2. The molecule has 1 heterocycles. The topological polar surface area (TPSA) is 54.0 Å². The Labute approximate surface area is 132 Å². The molecule has 1 amide bonds. The molecule has 4 nitrogen and oxygen atoms in total. The van der Waals surface area contributed by atoms with E-state index in [4.69, 9.17) is 0 Å². The highest BCUT2D eigenvalue weighted by molar-refractivity contribution is 6.03. The third kappa shape index (κ3) is 4.32. The van der Waals surface area contributed by atoms with Crippen molar-refractivity contribution in [3.05, 3.63) is 53.3 Å². The quantitative estimate of drug-likeness (QED) is 0.871. The van der Waals surface area contributed by atoms with Crippen LogP contribution in [0.4, 0.5) is 11.4 Å². The van der Waals surface area contributed by atoms with Crippen molar-refractivity contribution in [2.45, 2.75) is 40.2 Å². The van der Waals surface area contributed by atoms with E-state index in [-0.39, 0.29) is 5.91 Å². The minimum Gasteiger partial charge on any atom is -0.381 e. The van der Waals surface area contributed by atoms with Crippen molar-refractivity contribution in [2.24, 2.45) is 0 Å². The van der Waals surface area contributed by atoms with Gasteiger partial charge in [-0.25, -0.2) is 4.98 Å². The summed E-state index contributed by atoms with van der Waals surface area (Å²) >= 11 is 0. The van der Waals surface area contributed by atoms with Crippen molar-refractivity contribution in [3.63, 3.8) is 0 Å². The summed E-state index contributed by atoms with van der Waals surface area (Å²) in [6, 6.07) is 9.98. The fourth-order valence-corrected chi connectivity index (χ4v) is 2.24. The van der Waals surface area contributed by atoms with Crippen molar-refractivity contribution >= 4 is 17.3 Å². The third-order valence-corrected chi connectivity index (χ3v) is 3.50. The SMILES string of the molecule is CCC(C)Nc1ccc(C(=O)Nc2cc(C)cc(C)c2)nc1. The van der Waals surface area contributed by atoms with Crippen molar-refractivity contribution in [3.8, 4) is 0 Å². The molecule has 1 aromatic heterocycles. The third-order valence-electron chi connectivity index (χ3n) is 3.50. The van der Waals surface area contributed by atoms with E-state index in [1.165, 1.54) is 0 Å². The number of benzene rings is 1. The number of carbonyl (C=O) groups excluding carboxylic acids is 1. The maximum atomic E-state index is 12.2. The van der Waals surface area contributed by atoms with Crippen molar-refractivity contribution in [1.82, 2.24) is 4.98 Å². The second-order valence-electron chi connectivity index (χ2n) is 5.72. The Morgan fingerprint density at radius 2 is 1.82 bits per heavy atom. The van der Waals surface area contributed by atoms with Crippen LogP contribution in [0.5, 0.6) is 0 Å². The van der Waals surface area contributed by atoms with E-state index >= 15 is 0 Å². The average molecular weight is 297 g/mol. The van der Waals surface area contributed by atoms with Crippen LogP contribution in [0.3, 0.4) is 0 Å². The molecule has 4 heteroatoms. The lowest BCUT2D eigenvalue weighted by atomic mass is 10.1. The number of aryl methyl sites for hydroxylation is 2. The minimum absolute atomic E-state index is 0.194. The van der Waals surface area contributed by atoms with Crippen LogP contribution >= 0.6 is 0 Å². The molecule has 22 heavy (non-hydrogen) atoms. The Bertz CT molecular complexity index is 630. The van der Waals surface area contributed by atoms with Crippen LogP contribution in [-0.4, -0.2) is 16.9 Å². The number of carbonyl (C=O) groups is 1. The first-order chi connectivity index (χ1) is 10.5. The number of anilines is 2. The Kier molecular flexibility index (Phi) is 5.15. The zero-order valence-electron chi connectivity index (χ0n) is 13.6. The minimum atomic E-state index is -0.194. The monoisotopic (exact) mass is 297 g/mol. The van der Waals surface area contributed by atoms with Gasteiger partial charge < -0.3 is 10.6 Å². The highest BCUT2D eigenvalue weighted by Crippen LogP contribution is 2.15. The number of amides is 1. The molecule has 1 aromatic carbocycles. The molecule has 0 saturated heterocycles. The molecule has 0 bridgehead atoms. The molecule has 0 radical (unpaired) electrons. The molecule has 0 fully saturated rings. The lowest BCUT2D eigenvalue weighted by Crippen LogP contribution is -2.16. The van der Waals surface area contributed by atoms with E-state index in [0.717, 1.165) is 28.9 Å². The first-order valence-electron chi connectivity index (χ1n) is 7.60. The number of hydrogen-bond acceptors (Lipinski definition) is 3. The van der Waals surface area contributed by atoms with Crippen LogP contribution in [-0.2, 0) is 0 Å². The average Bonchev–Trinajstić information content (AvgIpc) is 2.46. The lowest BCUT2D eigenvalue weighted by Gasteiger charge is -2.12. The van der Waals surface area contributed by atoms with Crippen molar-refractivity contribution < 1.29 is 4.79 Å². The molecule has 1 unspecified atom stereocenters. The summed E-state index contributed by atoms with van der Waals surface area (Å²) in [5.41, 5.74) is 4.38. The smallest absolute Gasteiger partial charge is 0.274 e. The van der Waals surface area contributed by atoms with Crippen LogP contribution in [0.25, 0.3) is 0 Å². The van der Waals surface area contributed by atoms with Crippen LogP contribution in [0.2, 0.25) is 0 Å². The molecule has 116 valence electrons. The molecular formula is C18H23N3O. The van der Waals surface area contributed by atoms with Crippen LogP contribution in [0, 0.1) is 13.8 Å². The van der Waals surface area contributed by atoms with Gasteiger partial charge in [0.25, 0.3) is 5.91 Å². The normalized spacial score (nSPS) is 11.8. The van der Waals surface area contributed by atoms with E-state index in [1.807, 2.05) is 32.0 Å². The fourth-order valence-electron chi connectivity index (χ4n) is 2.24. The fraction of sp³-hybridized carbons (Fsp3) is 0.333. The molecule has 2 N–H and O–H groups in total. The molecule has 2 rings (SSSR count). The van der Waals surface area contributed by atoms with Gasteiger partial charge in [-0.1, -0.05) is 13.0 Å². The van der Waals surface area contributed by atoms with Gasteiger partial charge in [0.15, 0.2) is 0 Å². The zero-order valence-corrected chi connectivity index (χ0v) is 13.6. The van der Waals surface area contributed by atoms with E-state index in [1.54, 1.807) is 12.3 Å². The summed E-state index contributed by atoms with van der Waals surface area (Å²) in [4.78, 5) is 16.5. The summed E-state index contributed by atoms with van der Waals surface area (Å²) in [5, 5.41) is 6.22. The Morgan fingerprint density at radius 1 is 1.14 bits per heavy atom. The summed E-state index contributed by atoms with van der Waals surface area (Å²) in [6.07, 6.45) is 2.73. The van der Waals surface area contributed by atoms with Gasteiger partial charge in [-0.3, -0.25) is 4.79 Å². The molecule has 0 aliphatic rings.